The summed E-state index contributed by atoms with van der Waals surface area (Å²) in [6.45, 7) is 0. The van der Waals surface area contributed by atoms with E-state index >= 15 is 0 Å². The van der Waals surface area contributed by atoms with Crippen LogP contribution in [-0.2, 0) is 0 Å². The number of furan rings is 2. The van der Waals surface area contributed by atoms with E-state index in [1.54, 1.807) is 0 Å². The number of para-hydroxylation sites is 8. The second-order valence-electron chi connectivity index (χ2n) is 19.7. The smallest absolute Gasteiger partial charge is 0.160 e. The summed E-state index contributed by atoms with van der Waals surface area (Å²) in [5, 5.41) is 37.4. The molecule has 0 fully saturated rings. The highest BCUT2D eigenvalue weighted by Gasteiger charge is 2.35. The minimum atomic E-state index is 0.357. The lowest BCUT2D eigenvalue weighted by Gasteiger charge is -2.27. The third-order valence-corrected chi connectivity index (χ3v) is 16.0. The average molecular weight is 969 g/mol. The molecule has 0 unspecified atom stereocenters. The van der Waals surface area contributed by atoms with Crippen molar-refractivity contribution in [3.05, 3.63) is 230 Å². The number of rotatable bonds is 4. The predicted octanol–water partition coefficient (Wildman–Crippen LogP) is 17.6. The third-order valence-electron chi connectivity index (χ3n) is 16.0. The summed E-state index contributed by atoms with van der Waals surface area (Å²) in [5.41, 5.74) is 12.6. The maximum Gasteiger partial charge on any atom is 0.160 e. The van der Waals surface area contributed by atoms with Gasteiger partial charge in [0.2, 0.25) is 0 Å². The molecule has 0 N–H and O–H groups in total. The fourth-order valence-corrected chi connectivity index (χ4v) is 13.0. The first kappa shape index (κ1) is 40.8. The molecule has 17 rings (SSSR count). The summed E-state index contributed by atoms with van der Waals surface area (Å²) >= 11 is 0. The summed E-state index contributed by atoms with van der Waals surface area (Å²) < 4.78 is 22.9. The van der Waals surface area contributed by atoms with E-state index in [-0.39, 0.29) is 0 Å². The first-order valence-electron chi connectivity index (χ1n) is 25.4. The maximum absolute atomic E-state index is 12.8. The van der Waals surface area contributed by atoms with Crippen LogP contribution in [0.5, 0.6) is 0 Å². The SMILES string of the molecule is N#Cc1c(-n2c3ccccc3c3ccccc32)c(-n2c3ccccc3c3ccc4c5ccccc5oc4c32)c(C#N)c(-n2c3ccccc3c3ccccc32)c1-n1c2ccccc2c2ccc3c4ccccc4oc3c21. The van der Waals surface area contributed by atoms with E-state index in [4.69, 9.17) is 8.83 Å². The van der Waals surface area contributed by atoms with E-state index in [1.165, 1.54) is 0 Å². The van der Waals surface area contributed by atoms with Crippen LogP contribution in [-0.4, -0.2) is 18.3 Å². The minimum Gasteiger partial charge on any atom is -0.454 e. The molecule has 0 aliphatic rings. The molecule has 0 radical (unpaired) electrons. The Morgan fingerprint density at radius 2 is 0.500 bits per heavy atom. The van der Waals surface area contributed by atoms with Gasteiger partial charge in [-0.3, -0.25) is 0 Å². The van der Waals surface area contributed by atoms with Crippen molar-refractivity contribution < 1.29 is 8.83 Å². The highest BCUT2D eigenvalue weighted by molar-refractivity contribution is 6.24. The number of hydrogen-bond acceptors (Lipinski definition) is 4. The van der Waals surface area contributed by atoms with Crippen molar-refractivity contribution in [3.8, 4) is 34.9 Å². The Bertz CT molecular complexity index is 5070. The Morgan fingerprint density at radius 1 is 0.250 bits per heavy atom. The quantitative estimate of drug-likeness (QED) is 0.176. The molecule has 8 heteroatoms. The van der Waals surface area contributed by atoms with E-state index in [0.29, 0.717) is 45.0 Å². The van der Waals surface area contributed by atoms with Gasteiger partial charge in [0.15, 0.2) is 11.2 Å². The molecule has 0 spiro atoms. The average Bonchev–Trinajstić information content (AvgIpc) is 4.36. The van der Waals surface area contributed by atoms with Crippen LogP contribution in [0.4, 0.5) is 0 Å². The van der Waals surface area contributed by atoms with Gasteiger partial charge in [0.1, 0.15) is 34.4 Å². The number of hydrogen-bond donors (Lipinski definition) is 0. The Morgan fingerprint density at radius 3 is 0.829 bits per heavy atom. The van der Waals surface area contributed by atoms with E-state index in [1.807, 2.05) is 72.8 Å². The van der Waals surface area contributed by atoms with Crippen LogP contribution >= 0.6 is 0 Å². The predicted molar refractivity (Wildman–Crippen MR) is 308 cm³/mol. The van der Waals surface area contributed by atoms with Crippen molar-refractivity contribution in [2.75, 3.05) is 0 Å². The summed E-state index contributed by atoms with van der Waals surface area (Å²) in [6, 6.07) is 81.0. The van der Waals surface area contributed by atoms with Gasteiger partial charge in [-0.25, -0.2) is 0 Å². The molecule has 350 valence electrons. The molecule has 6 heterocycles. The first-order valence-corrected chi connectivity index (χ1v) is 25.4. The molecular weight excluding hydrogens is 933 g/mol. The van der Waals surface area contributed by atoms with Gasteiger partial charge in [-0.2, -0.15) is 10.5 Å². The van der Waals surface area contributed by atoms with Crippen LogP contribution in [0.3, 0.4) is 0 Å². The Balaban J connectivity index is 1.21. The molecule has 0 bridgehead atoms. The third kappa shape index (κ3) is 5.09. The molecule has 8 nitrogen and oxygen atoms in total. The van der Waals surface area contributed by atoms with Crippen LogP contribution in [0.1, 0.15) is 11.1 Å². The molecule has 11 aromatic carbocycles. The van der Waals surface area contributed by atoms with Gasteiger partial charge in [-0.15, -0.1) is 0 Å². The summed E-state index contributed by atoms with van der Waals surface area (Å²) in [4.78, 5) is 0. The van der Waals surface area contributed by atoms with Gasteiger partial charge in [0.05, 0.1) is 66.9 Å². The largest absolute Gasteiger partial charge is 0.454 e. The van der Waals surface area contributed by atoms with E-state index in [0.717, 1.165) is 120 Å². The highest BCUT2D eigenvalue weighted by Crippen LogP contribution is 2.51. The topological polar surface area (TPSA) is 93.6 Å². The summed E-state index contributed by atoms with van der Waals surface area (Å²) in [7, 11) is 0. The lowest BCUT2D eigenvalue weighted by molar-refractivity contribution is 0.670. The van der Waals surface area contributed by atoms with Crippen molar-refractivity contribution >= 4 is 131 Å². The number of fused-ring (bicyclic) bond motifs is 20. The van der Waals surface area contributed by atoms with Gasteiger partial charge in [-0.05, 0) is 60.7 Å². The fraction of sp³-hybridized carbons (Fsp3) is 0. The minimum absolute atomic E-state index is 0.357. The van der Waals surface area contributed by atoms with Crippen LogP contribution < -0.4 is 0 Å². The zero-order chi connectivity index (χ0) is 49.9. The lowest BCUT2D eigenvalue weighted by Crippen LogP contribution is -2.16. The fourth-order valence-electron chi connectivity index (χ4n) is 13.0. The zero-order valence-corrected chi connectivity index (χ0v) is 40.3. The van der Waals surface area contributed by atoms with Gasteiger partial charge in [-0.1, -0.05) is 158 Å². The first-order chi connectivity index (χ1) is 37.7. The second kappa shape index (κ2) is 14.9. The molecular formula is C68H36N6O2. The molecule has 0 atom stereocenters. The monoisotopic (exact) mass is 968 g/mol. The Kier molecular flexibility index (Phi) is 7.99. The van der Waals surface area contributed by atoms with Gasteiger partial charge in [0.25, 0.3) is 0 Å². The zero-order valence-electron chi connectivity index (χ0n) is 40.3. The summed E-state index contributed by atoms with van der Waals surface area (Å²) in [5.74, 6) is 0. The molecule has 0 amide bonds. The van der Waals surface area contributed by atoms with Crippen LogP contribution in [0.2, 0.25) is 0 Å². The van der Waals surface area contributed by atoms with Crippen molar-refractivity contribution in [1.29, 1.82) is 10.5 Å². The van der Waals surface area contributed by atoms with Crippen LogP contribution in [0.25, 0.3) is 154 Å². The van der Waals surface area contributed by atoms with Gasteiger partial charge in [0, 0.05) is 64.6 Å². The molecule has 17 aromatic rings. The molecule has 0 saturated carbocycles. The Hall–Kier alpha value is -10.8. The molecule has 0 saturated heterocycles. The van der Waals surface area contributed by atoms with Crippen molar-refractivity contribution in [1.82, 2.24) is 18.3 Å². The maximum atomic E-state index is 12.8. The standard InChI is InChI=1S/C68H36N6O2/c69-37-51-61(71-53-25-9-1-17-39(53)40-18-2-10-26-54(40)71)63(73-57-29-13-5-21-43(57)47-33-35-49-45-23-7-15-31-59(45)75-67(49)65(47)73)52(38-70)62(72-55-27-11-3-19-41(55)42-20-4-12-28-56(42)72)64(51)74-58-30-14-6-22-44(58)48-34-36-50-46-24-8-16-32-60(46)76-68(50)66(48)74/h1-36H. The van der Waals surface area contributed by atoms with Gasteiger partial charge < -0.3 is 27.1 Å². The van der Waals surface area contributed by atoms with Crippen molar-refractivity contribution in [2.24, 2.45) is 0 Å². The number of nitrogens with zero attached hydrogens (tertiary/aromatic N) is 6. The number of benzene rings is 11. The number of aromatic nitrogens is 4. The number of nitriles is 2. The van der Waals surface area contributed by atoms with E-state index < -0.39 is 0 Å². The molecule has 76 heavy (non-hydrogen) atoms. The molecule has 6 aromatic heterocycles. The van der Waals surface area contributed by atoms with Crippen molar-refractivity contribution in [3.63, 3.8) is 0 Å². The lowest BCUT2D eigenvalue weighted by atomic mass is 9.98. The molecule has 0 aliphatic carbocycles. The van der Waals surface area contributed by atoms with Crippen LogP contribution in [0, 0.1) is 22.7 Å². The van der Waals surface area contributed by atoms with Crippen molar-refractivity contribution in [2.45, 2.75) is 0 Å². The molecule has 0 aliphatic heterocycles. The van der Waals surface area contributed by atoms with E-state index in [2.05, 4.69) is 176 Å². The van der Waals surface area contributed by atoms with Gasteiger partial charge >= 0.3 is 0 Å². The normalized spacial score (nSPS) is 12.2. The summed E-state index contributed by atoms with van der Waals surface area (Å²) in [6.07, 6.45) is 0. The highest BCUT2D eigenvalue weighted by atomic mass is 16.3. The Labute approximate surface area is 431 Å². The second-order valence-corrected chi connectivity index (χ2v) is 19.7. The van der Waals surface area contributed by atoms with E-state index in [9.17, 15) is 10.5 Å². The van der Waals surface area contributed by atoms with Crippen LogP contribution in [0.15, 0.2) is 227 Å².